The summed E-state index contributed by atoms with van der Waals surface area (Å²) in [4.78, 5) is 2.94. The Bertz CT molecular complexity index is 506. The van der Waals surface area contributed by atoms with Gasteiger partial charge in [-0.1, -0.05) is 6.92 Å². The van der Waals surface area contributed by atoms with E-state index in [1.807, 2.05) is 6.92 Å². The molecule has 1 aromatic heterocycles. The van der Waals surface area contributed by atoms with E-state index < -0.39 is 10.0 Å². The number of H-pyrrole nitrogens is 1. The smallest absolute Gasteiger partial charge is 0.244 e. The number of aliphatic hydroxyl groups is 1. The van der Waals surface area contributed by atoms with Crippen molar-refractivity contribution in [1.82, 2.24) is 9.29 Å². The summed E-state index contributed by atoms with van der Waals surface area (Å²) in [6.45, 7) is 3.11. The van der Waals surface area contributed by atoms with E-state index in [4.69, 9.17) is 9.84 Å². The number of nitrogens with one attached hydrogen (secondary N) is 1. The van der Waals surface area contributed by atoms with Crippen LogP contribution in [-0.2, 0) is 21.4 Å². The van der Waals surface area contributed by atoms with Gasteiger partial charge in [0.25, 0.3) is 0 Å². The number of rotatable bonds is 6. The van der Waals surface area contributed by atoms with E-state index in [1.54, 1.807) is 0 Å². The first kappa shape index (κ1) is 14.5. The molecule has 1 fully saturated rings. The largest absolute Gasteiger partial charge is 0.390 e. The lowest BCUT2D eigenvalue weighted by atomic mass is 10.2. The predicted molar refractivity (Wildman–Crippen MR) is 70.1 cm³/mol. The fourth-order valence-electron chi connectivity index (χ4n) is 2.22. The molecule has 1 aliphatic heterocycles. The topological polar surface area (TPSA) is 82.6 Å². The number of ether oxygens (including phenoxy) is 1. The van der Waals surface area contributed by atoms with Crippen LogP contribution in [0.1, 0.15) is 25.5 Å². The van der Waals surface area contributed by atoms with Gasteiger partial charge in [-0.15, -0.1) is 0 Å². The zero-order valence-corrected chi connectivity index (χ0v) is 11.8. The summed E-state index contributed by atoms with van der Waals surface area (Å²) < 4.78 is 31.8. The molecule has 2 rings (SSSR count). The number of likely N-dealkylation sites (N-methyl/N-ethyl adjacent to an activating group) is 1. The second kappa shape index (κ2) is 6.04. The number of aromatic nitrogens is 1. The molecule has 7 heteroatoms. The van der Waals surface area contributed by atoms with E-state index >= 15 is 0 Å². The molecule has 0 amide bonds. The Balaban J connectivity index is 2.15. The summed E-state index contributed by atoms with van der Waals surface area (Å²) in [7, 11) is -3.52. The van der Waals surface area contributed by atoms with Crippen LogP contribution < -0.4 is 0 Å². The van der Waals surface area contributed by atoms with Gasteiger partial charge in [0.1, 0.15) is 0 Å². The van der Waals surface area contributed by atoms with Crippen LogP contribution in [-0.4, -0.2) is 48.6 Å². The summed E-state index contributed by atoms with van der Waals surface area (Å²) in [5.41, 5.74) is 0.492. The number of hydrogen-bond acceptors (Lipinski definition) is 4. The van der Waals surface area contributed by atoms with Crippen molar-refractivity contribution in [2.75, 3.05) is 19.7 Å². The summed E-state index contributed by atoms with van der Waals surface area (Å²) in [5, 5.41) is 8.98. The summed E-state index contributed by atoms with van der Waals surface area (Å²) in [6.07, 6.45) is 3.30. The molecule has 0 spiro atoms. The Morgan fingerprint density at radius 1 is 1.58 bits per heavy atom. The number of sulfonamides is 1. The van der Waals surface area contributed by atoms with Crippen LogP contribution in [0.25, 0.3) is 0 Å². The Labute approximate surface area is 113 Å². The normalized spacial score (nSPS) is 20.3. The van der Waals surface area contributed by atoms with E-state index in [0.29, 0.717) is 25.4 Å². The lowest BCUT2D eigenvalue weighted by Gasteiger charge is -2.22. The van der Waals surface area contributed by atoms with Crippen molar-refractivity contribution in [2.24, 2.45) is 0 Å². The minimum absolute atomic E-state index is 0.00835. The van der Waals surface area contributed by atoms with Crippen molar-refractivity contribution in [3.63, 3.8) is 0 Å². The summed E-state index contributed by atoms with van der Waals surface area (Å²) in [6, 6.07) is 1.47. The monoisotopic (exact) mass is 288 g/mol. The number of aromatic amines is 1. The molecule has 1 unspecified atom stereocenters. The van der Waals surface area contributed by atoms with Crippen LogP contribution in [0, 0.1) is 0 Å². The lowest BCUT2D eigenvalue weighted by Crippen LogP contribution is -2.37. The predicted octanol–water partition coefficient (Wildman–Crippen LogP) is 0.697. The van der Waals surface area contributed by atoms with Gasteiger partial charge in [0, 0.05) is 31.6 Å². The average molecular weight is 288 g/mol. The molecule has 0 aromatic carbocycles. The third-order valence-electron chi connectivity index (χ3n) is 3.31. The van der Waals surface area contributed by atoms with Gasteiger partial charge >= 0.3 is 0 Å². The Morgan fingerprint density at radius 2 is 2.37 bits per heavy atom. The highest BCUT2D eigenvalue weighted by Crippen LogP contribution is 2.20. The highest BCUT2D eigenvalue weighted by Gasteiger charge is 2.28. The quantitative estimate of drug-likeness (QED) is 0.807. The first-order valence-corrected chi connectivity index (χ1v) is 7.92. The zero-order valence-electron chi connectivity index (χ0n) is 11.0. The second-order valence-corrected chi connectivity index (χ2v) is 6.55. The van der Waals surface area contributed by atoms with Crippen molar-refractivity contribution in [3.8, 4) is 0 Å². The van der Waals surface area contributed by atoms with Gasteiger partial charge in [0.15, 0.2) is 0 Å². The van der Waals surface area contributed by atoms with Crippen molar-refractivity contribution in [3.05, 3.63) is 18.0 Å². The summed E-state index contributed by atoms with van der Waals surface area (Å²) >= 11 is 0. The van der Waals surface area contributed by atoms with Gasteiger partial charge in [-0.05, 0) is 18.9 Å². The molecule has 1 atom stereocenters. The molecular weight excluding hydrogens is 268 g/mol. The van der Waals surface area contributed by atoms with Crippen LogP contribution in [0.2, 0.25) is 0 Å². The van der Waals surface area contributed by atoms with Gasteiger partial charge in [-0.3, -0.25) is 0 Å². The van der Waals surface area contributed by atoms with Crippen molar-refractivity contribution in [2.45, 2.75) is 37.4 Å². The number of nitrogens with zero attached hydrogens (tertiary/aromatic N) is 1. The molecule has 0 bridgehead atoms. The maximum absolute atomic E-state index is 12.4. The van der Waals surface area contributed by atoms with Gasteiger partial charge in [-0.2, -0.15) is 4.31 Å². The standard InChI is InChI=1S/C12H20N2O4S/c1-2-14(8-11-4-3-5-18-11)19(16,17)12-6-10(9-15)13-7-12/h6-7,11,13,15H,2-5,8-9H2,1H3. The molecule has 1 aromatic rings. The first-order valence-electron chi connectivity index (χ1n) is 6.47. The molecule has 0 radical (unpaired) electrons. The van der Waals surface area contributed by atoms with Gasteiger partial charge < -0.3 is 14.8 Å². The van der Waals surface area contributed by atoms with E-state index in [9.17, 15) is 8.42 Å². The third-order valence-corrected chi connectivity index (χ3v) is 5.23. The average Bonchev–Trinajstić information content (AvgIpc) is 3.06. The molecule has 19 heavy (non-hydrogen) atoms. The Morgan fingerprint density at radius 3 is 2.89 bits per heavy atom. The van der Waals surface area contributed by atoms with Gasteiger partial charge in [-0.25, -0.2) is 8.42 Å². The fourth-order valence-corrected chi connectivity index (χ4v) is 3.72. The van der Waals surface area contributed by atoms with Crippen LogP contribution in [0.3, 0.4) is 0 Å². The summed E-state index contributed by atoms with van der Waals surface area (Å²) in [5.74, 6) is 0. The van der Waals surface area contributed by atoms with E-state index in [0.717, 1.165) is 12.8 Å². The van der Waals surface area contributed by atoms with E-state index in [2.05, 4.69) is 4.98 Å². The molecule has 0 saturated carbocycles. The van der Waals surface area contributed by atoms with Crippen LogP contribution >= 0.6 is 0 Å². The molecule has 0 aliphatic carbocycles. The van der Waals surface area contributed by atoms with E-state index in [1.165, 1.54) is 16.6 Å². The van der Waals surface area contributed by atoms with E-state index in [-0.39, 0.29) is 17.6 Å². The SMILES string of the molecule is CCN(CC1CCCO1)S(=O)(=O)c1c[nH]c(CO)c1. The van der Waals surface area contributed by atoms with Gasteiger partial charge in [0.05, 0.1) is 17.6 Å². The molecule has 1 aliphatic rings. The fraction of sp³-hybridized carbons (Fsp3) is 0.667. The molecular formula is C12H20N2O4S. The molecule has 108 valence electrons. The van der Waals surface area contributed by atoms with Crippen molar-refractivity contribution >= 4 is 10.0 Å². The third kappa shape index (κ3) is 3.17. The lowest BCUT2D eigenvalue weighted by molar-refractivity contribution is 0.0947. The van der Waals surface area contributed by atoms with Crippen LogP contribution in [0.15, 0.2) is 17.2 Å². The highest BCUT2D eigenvalue weighted by molar-refractivity contribution is 7.89. The highest BCUT2D eigenvalue weighted by atomic mass is 32.2. The maximum atomic E-state index is 12.4. The zero-order chi connectivity index (χ0) is 13.9. The Kier molecular flexibility index (Phi) is 4.62. The molecule has 2 heterocycles. The second-order valence-electron chi connectivity index (χ2n) is 4.61. The molecule has 1 saturated heterocycles. The van der Waals surface area contributed by atoms with Crippen LogP contribution in [0.4, 0.5) is 0 Å². The maximum Gasteiger partial charge on any atom is 0.244 e. The minimum Gasteiger partial charge on any atom is -0.390 e. The minimum atomic E-state index is -3.52. The Hall–Kier alpha value is -0.890. The van der Waals surface area contributed by atoms with Crippen molar-refractivity contribution in [1.29, 1.82) is 0 Å². The first-order chi connectivity index (χ1) is 9.07. The van der Waals surface area contributed by atoms with Gasteiger partial charge in [0.2, 0.25) is 10.0 Å². The van der Waals surface area contributed by atoms with Crippen LogP contribution in [0.5, 0.6) is 0 Å². The molecule has 2 N–H and O–H groups in total. The molecule has 6 nitrogen and oxygen atoms in total. The van der Waals surface area contributed by atoms with Crippen molar-refractivity contribution < 1.29 is 18.3 Å². The number of aliphatic hydroxyl groups excluding tert-OH is 1. The number of hydrogen-bond donors (Lipinski definition) is 2.